The molecule has 1 aliphatic carbocycles. The molecule has 178 valence electrons. The Kier molecular flexibility index (Phi) is 6.99. The maximum Gasteiger partial charge on any atom is -0.00396 e. The lowest BCUT2D eigenvalue weighted by Crippen LogP contribution is -2.37. The van der Waals surface area contributed by atoms with Gasteiger partial charge < -0.3 is 0 Å². The van der Waals surface area contributed by atoms with E-state index in [9.17, 15) is 0 Å². The van der Waals surface area contributed by atoms with Gasteiger partial charge >= 0.3 is 0 Å². The lowest BCUT2D eigenvalue weighted by molar-refractivity contribution is 0.496. The Morgan fingerprint density at radius 1 is 0.429 bits per heavy atom. The van der Waals surface area contributed by atoms with Crippen molar-refractivity contribution in [2.75, 3.05) is 0 Å². The Morgan fingerprint density at radius 2 is 0.657 bits per heavy atom. The van der Waals surface area contributed by atoms with Gasteiger partial charge in [-0.15, -0.1) is 0 Å². The average molecular weight is 495 g/mol. The molecule has 4 aromatic carbocycles. The Morgan fingerprint density at radius 3 is 0.886 bits per heavy atom. The second-order valence-electron chi connectivity index (χ2n) is 10.8. The highest BCUT2D eigenvalue weighted by molar-refractivity contribution is 7.75. The van der Waals surface area contributed by atoms with Crippen LogP contribution in [-0.4, -0.2) is 10.3 Å². The van der Waals surface area contributed by atoms with Crippen molar-refractivity contribution in [1.82, 2.24) is 0 Å². The first-order valence-corrected chi connectivity index (χ1v) is 15.4. The summed E-state index contributed by atoms with van der Waals surface area (Å²) in [6.07, 6.45) is 1.32. The molecule has 2 atom stereocenters. The van der Waals surface area contributed by atoms with Gasteiger partial charge in [-0.05, 0) is 65.6 Å². The van der Waals surface area contributed by atoms with Crippen LogP contribution in [0.2, 0.25) is 0 Å². The van der Waals surface area contributed by atoms with Crippen LogP contribution in [0.1, 0.15) is 34.1 Å². The molecule has 1 aliphatic rings. The Bertz CT molecular complexity index is 1040. The monoisotopic (exact) mass is 494 g/mol. The van der Waals surface area contributed by atoms with Gasteiger partial charge in [-0.2, -0.15) is 0 Å². The van der Waals surface area contributed by atoms with E-state index in [1.807, 2.05) is 0 Å². The van der Waals surface area contributed by atoms with Crippen molar-refractivity contribution >= 4 is 37.1 Å². The molecule has 0 aliphatic heterocycles. The van der Waals surface area contributed by atoms with Crippen LogP contribution >= 0.6 is 15.8 Å². The van der Waals surface area contributed by atoms with Crippen molar-refractivity contribution in [1.29, 1.82) is 0 Å². The molecule has 0 aromatic heterocycles. The van der Waals surface area contributed by atoms with Gasteiger partial charge in [0, 0.05) is 0 Å². The molecule has 0 saturated heterocycles. The van der Waals surface area contributed by atoms with Crippen molar-refractivity contribution in [3.05, 3.63) is 121 Å². The molecule has 1 fully saturated rings. The molecule has 0 bridgehead atoms. The fourth-order valence-corrected chi connectivity index (χ4v) is 12.4. The molecule has 5 rings (SSSR count). The number of hydrogen-bond donors (Lipinski definition) is 0. The summed E-state index contributed by atoms with van der Waals surface area (Å²) >= 11 is 0. The summed E-state index contributed by atoms with van der Waals surface area (Å²) in [6, 6.07) is 45.1. The minimum Gasteiger partial charge on any atom is -0.0622 e. The van der Waals surface area contributed by atoms with Crippen LogP contribution in [0.15, 0.2) is 121 Å². The van der Waals surface area contributed by atoms with Gasteiger partial charge in [0.05, 0.1) is 0 Å². The van der Waals surface area contributed by atoms with E-state index in [0.717, 1.165) is 0 Å². The predicted octanol–water partition coefficient (Wildman–Crippen LogP) is 7.45. The van der Waals surface area contributed by atoms with Crippen molar-refractivity contribution in [3.63, 3.8) is 0 Å². The van der Waals surface area contributed by atoms with E-state index < -0.39 is 15.8 Å². The zero-order valence-corrected chi connectivity index (χ0v) is 23.1. The van der Waals surface area contributed by atoms with E-state index in [0.29, 0.717) is 11.8 Å². The van der Waals surface area contributed by atoms with Crippen LogP contribution in [0.4, 0.5) is 0 Å². The van der Waals surface area contributed by atoms with Gasteiger partial charge in [0.2, 0.25) is 0 Å². The quantitative estimate of drug-likeness (QED) is 0.223. The summed E-state index contributed by atoms with van der Waals surface area (Å²) in [7, 11) is -0.931. The highest BCUT2D eigenvalue weighted by Gasteiger charge is 2.58. The van der Waals surface area contributed by atoms with Gasteiger partial charge in [-0.3, -0.25) is 0 Å². The lowest BCUT2D eigenvalue weighted by atomic mass is 9.99. The summed E-state index contributed by atoms with van der Waals surface area (Å²) < 4.78 is 0. The van der Waals surface area contributed by atoms with Crippen LogP contribution in [0.25, 0.3) is 0 Å². The summed E-state index contributed by atoms with van der Waals surface area (Å²) in [5.41, 5.74) is 0. The summed E-state index contributed by atoms with van der Waals surface area (Å²) in [4.78, 5) is 0. The van der Waals surface area contributed by atoms with E-state index >= 15 is 0 Å². The molecular weight excluding hydrogens is 458 g/mol. The molecule has 0 N–H and O–H groups in total. The van der Waals surface area contributed by atoms with Gasteiger partial charge in [0.1, 0.15) is 0 Å². The predicted molar refractivity (Wildman–Crippen MR) is 158 cm³/mol. The van der Waals surface area contributed by atoms with Crippen molar-refractivity contribution in [2.24, 2.45) is 11.8 Å². The molecule has 0 heterocycles. The Labute approximate surface area is 214 Å². The van der Waals surface area contributed by atoms with Crippen LogP contribution in [0, 0.1) is 11.8 Å². The number of hydrogen-bond acceptors (Lipinski definition) is 0. The Hall–Kier alpha value is -2.26. The molecular formula is C33H36P2. The molecule has 4 aromatic rings. The fourth-order valence-electron chi connectivity index (χ4n) is 6.03. The standard InChI is InChI=1S/C33H36P2/c1-32(2,34(26-17-9-5-10-18-26)27-19-11-6-12-20-27)30-25-31(30)33(3,4)35(28-21-13-7-14-22-28)29-23-15-8-16-24-29/h5-24,30-31H,25H2,1-4H3. The molecule has 1 saturated carbocycles. The SMILES string of the molecule is CC(C)(C1CC1C(C)(C)P(c1ccccc1)c1ccccc1)P(c1ccccc1)c1ccccc1. The smallest absolute Gasteiger partial charge is 0.00396 e. The molecule has 0 amide bonds. The highest BCUT2D eigenvalue weighted by atomic mass is 31.1. The number of rotatable bonds is 8. The third-order valence-electron chi connectivity index (χ3n) is 7.82. The summed E-state index contributed by atoms with van der Waals surface area (Å²) in [6.45, 7) is 10.2. The largest absolute Gasteiger partial charge is 0.0622 e. The fraction of sp³-hybridized carbons (Fsp3) is 0.273. The zero-order chi connectivity index (χ0) is 24.5. The normalized spacial score (nSPS) is 18.1. The maximum atomic E-state index is 2.55. The van der Waals surface area contributed by atoms with Gasteiger partial charge in [0.15, 0.2) is 0 Å². The van der Waals surface area contributed by atoms with E-state index in [-0.39, 0.29) is 10.3 Å². The van der Waals surface area contributed by atoms with Crippen LogP contribution in [0.3, 0.4) is 0 Å². The van der Waals surface area contributed by atoms with Crippen LogP contribution in [0.5, 0.6) is 0 Å². The first kappa shape index (κ1) is 24.4. The van der Waals surface area contributed by atoms with Crippen LogP contribution < -0.4 is 21.2 Å². The van der Waals surface area contributed by atoms with Gasteiger partial charge in [0.25, 0.3) is 0 Å². The molecule has 2 unspecified atom stereocenters. The molecule has 35 heavy (non-hydrogen) atoms. The van der Waals surface area contributed by atoms with Gasteiger partial charge in [-0.1, -0.05) is 149 Å². The molecule has 0 nitrogen and oxygen atoms in total. The highest BCUT2D eigenvalue weighted by Crippen LogP contribution is 2.69. The maximum absolute atomic E-state index is 2.55. The second-order valence-corrected chi connectivity index (χ2v) is 16.5. The lowest BCUT2D eigenvalue weighted by Gasteiger charge is -2.41. The Balaban J connectivity index is 1.51. The minimum absolute atomic E-state index is 0.217. The van der Waals surface area contributed by atoms with Crippen LogP contribution in [-0.2, 0) is 0 Å². The number of benzene rings is 4. The van der Waals surface area contributed by atoms with Gasteiger partial charge in [-0.25, -0.2) is 0 Å². The minimum atomic E-state index is -0.465. The summed E-state index contributed by atoms with van der Waals surface area (Å²) in [5, 5.41) is 6.42. The molecule has 0 spiro atoms. The molecule has 2 heteroatoms. The van der Waals surface area contributed by atoms with Crippen molar-refractivity contribution < 1.29 is 0 Å². The van der Waals surface area contributed by atoms with Crippen molar-refractivity contribution in [3.8, 4) is 0 Å². The average Bonchev–Trinajstić information content (AvgIpc) is 3.70. The third-order valence-corrected chi connectivity index (χ3v) is 14.0. The first-order valence-electron chi connectivity index (χ1n) is 12.7. The first-order chi connectivity index (χ1) is 16.9. The third kappa shape index (κ3) is 4.89. The van der Waals surface area contributed by atoms with E-state index in [1.165, 1.54) is 27.6 Å². The van der Waals surface area contributed by atoms with E-state index in [2.05, 4.69) is 149 Å². The summed E-state index contributed by atoms with van der Waals surface area (Å²) in [5.74, 6) is 1.42. The zero-order valence-electron chi connectivity index (χ0n) is 21.3. The van der Waals surface area contributed by atoms with E-state index in [4.69, 9.17) is 0 Å². The van der Waals surface area contributed by atoms with E-state index in [1.54, 1.807) is 0 Å². The van der Waals surface area contributed by atoms with Crippen molar-refractivity contribution in [2.45, 2.75) is 44.4 Å². The topological polar surface area (TPSA) is 0 Å². The molecule has 0 radical (unpaired) electrons. The second kappa shape index (κ2) is 10.0.